The molecule has 0 aromatic carbocycles. The molecule has 0 radical (unpaired) electrons. The van der Waals surface area contributed by atoms with Crippen LogP contribution in [0.1, 0.15) is 20.3 Å². The Morgan fingerprint density at radius 3 is 2.93 bits per heavy atom. The van der Waals surface area contributed by atoms with Gasteiger partial charge >= 0.3 is 0 Å². The summed E-state index contributed by atoms with van der Waals surface area (Å²) in [5.41, 5.74) is 0. The molecule has 1 heterocycles. The van der Waals surface area contributed by atoms with E-state index in [1.54, 1.807) is 11.8 Å². The van der Waals surface area contributed by atoms with Gasteiger partial charge in [0.2, 0.25) is 5.91 Å². The largest absolute Gasteiger partial charge is 0.339 e. The van der Waals surface area contributed by atoms with Crippen LogP contribution in [0.15, 0.2) is 0 Å². The van der Waals surface area contributed by atoms with E-state index in [1.807, 2.05) is 11.2 Å². The molecule has 2 atom stereocenters. The number of rotatable bonds is 3. The van der Waals surface area contributed by atoms with E-state index >= 15 is 0 Å². The van der Waals surface area contributed by atoms with Crippen molar-refractivity contribution in [2.24, 2.45) is 0 Å². The van der Waals surface area contributed by atoms with E-state index in [0.717, 1.165) is 26.1 Å². The molecule has 1 aliphatic rings. The highest BCUT2D eigenvalue weighted by Gasteiger charge is 2.25. The molecule has 0 aliphatic carbocycles. The van der Waals surface area contributed by atoms with Crippen LogP contribution in [-0.2, 0) is 4.79 Å². The number of carbonyl (C=O) groups excluding carboxylic acids is 1. The highest BCUT2D eigenvalue weighted by Crippen LogP contribution is 2.15. The van der Waals surface area contributed by atoms with Crippen LogP contribution in [0.25, 0.3) is 0 Å². The first kappa shape index (κ1) is 11.9. The van der Waals surface area contributed by atoms with Crippen LogP contribution < -0.4 is 5.32 Å². The maximum Gasteiger partial charge on any atom is 0.235 e. The molecule has 1 fully saturated rings. The summed E-state index contributed by atoms with van der Waals surface area (Å²) in [4.78, 5) is 14.0. The summed E-state index contributed by atoms with van der Waals surface area (Å²) in [6.07, 6.45) is 2.94. The van der Waals surface area contributed by atoms with Crippen LogP contribution in [0.5, 0.6) is 0 Å². The lowest BCUT2D eigenvalue weighted by Crippen LogP contribution is -2.53. The van der Waals surface area contributed by atoms with Crippen molar-refractivity contribution in [3.05, 3.63) is 0 Å². The molecule has 1 aliphatic heterocycles. The molecule has 82 valence electrons. The number of nitrogens with one attached hydrogen (secondary N) is 1. The Morgan fingerprint density at radius 1 is 1.71 bits per heavy atom. The summed E-state index contributed by atoms with van der Waals surface area (Å²) < 4.78 is 0. The first-order valence-electron chi connectivity index (χ1n) is 5.24. The van der Waals surface area contributed by atoms with Gasteiger partial charge < -0.3 is 10.2 Å². The summed E-state index contributed by atoms with van der Waals surface area (Å²) >= 11 is 1.66. The fourth-order valence-electron chi connectivity index (χ4n) is 1.78. The molecule has 0 spiro atoms. The SMILES string of the molecule is CCC(SC)C(=O)N1CCN[C@H](C)C1. The molecule has 1 amide bonds. The van der Waals surface area contributed by atoms with Crippen LogP contribution in [0.3, 0.4) is 0 Å². The van der Waals surface area contributed by atoms with Gasteiger partial charge in [-0.2, -0.15) is 11.8 Å². The molecule has 1 unspecified atom stereocenters. The minimum atomic E-state index is 0.153. The Labute approximate surface area is 90.6 Å². The molecule has 0 saturated carbocycles. The van der Waals surface area contributed by atoms with Crippen LogP contribution in [0.4, 0.5) is 0 Å². The minimum absolute atomic E-state index is 0.153. The van der Waals surface area contributed by atoms with E-state index in [0.29, 0.717) is 11.9 Å². The van der Waals surface area contributed by atoms with E-state index in [4.69, 9.17) is 0 Å². The molecule has 0 aromatic rings. The van der Waals surface area contributed by atoms with Crippen molar-refractivity contribution in [3.63, 3.8) is 0 Å². The number of carbonyl (C=O) groups is 1. The van der Waals surface area contributed by atoms with Gasteiger partial charge in [0.1, 0.15) is 0 Å². The molecule has 3 nitrogen and oxygen atoms in total. The molecule has 0 bridgehead atoms. The highest BCUT2D eigenvalue weighted by atomic mass is 32.2. The molecule has 1 rings (SSSR count). The third-order valence-electron chi connectivity index (χ3n) is 2.61. The Balaban J connectivity index is 2.50. The van der Waals surface area contributed by atoms with Crippen LogP contribution in [-0.4, -0.2) is 48.0 Å². The van der Waals surface area contributed by atoms with Gasteiger partial charge in [-0.3, -0.25) is 4.79 Å². The summed E-state index contributed by atoms with van der Waals surface area (Å²) in [6, 6.07) is 0.437. The molecule has 0 aromatic heterocycles. The van der Waals surface area contributed by atoms with Gasteiger partial charge in [-0.05, 0) is 19.6 Å². The molecular weight excluding hydrogens is 196 g/mol. The molecule has 4 heteroatoms. The van der Waals surface area contributed by atoms with Crippen molar-refractivity contribution < 1.29 is 4.79 Å². The molecule has 1 N–H and O–H groups in total. The number of hydrogen-bond acceptors (Lipinski definition) is 3. The number of hydrogen-bond donors (Lipinski definition) is 1. The van der Waals surface area contributed by atoms with Crippen molar-refractivity contribution in [2.45, 2.75) is 31.6 Å². The third kappa shape index (κ3) is 2.89. The maximum atomic E-state index is 12.0. The quantitative estimate of drug-likeness (QED) is 0.762. The van der Waals surface area contributed by atoms with Crippen molar-refractivity contribution in [1.82, 2.24) is 10.2 Å². The van der Waals surface area contributed by atoms with Gasteiger partial charge in [0, 0.05) is 25.7 Å². The normalized spacial score (nSPS) is 24.8. The van der Waals surface area contributed by atoms with Crippen LogP contribution in [0, 0.1) is 0 Å². The van der Waals surface area contributed by atoms with E-state index in [2.05, 4.69) is 19.2 Å². The van der Waals surface area contributed by atoms with Crippen LogP contribution in [0.2, 0.25) is 0 Å². The monoisotopic (exact) mass is 216 g/mol. The first-order chi connectivity index (χ1) is 6.69. The molecule has 14 heavy (non-hydrogen) atoms. The van der Waals surface area contributed by atoms with Crippen molar-refractivity contribution in [3.8, 4) is 0 Å². The number of piperazine rings is 1. The summed E-state index contributed by atoms with van der Waals surface area (Å²) in [7, 11) is 0. The van der Waals surface area contributed by atoms with E-state index < -0.39 is 0 Å². The third-order valence-corrected chi connectivity index (χ3v) is 3.72. The number of thioether (sulfide) groups is 1. The lowest BCUT2D eigenvalue weighted by Gasteiger charge is -2.33. The summed E-state index contributed by atoms with van der Waals surface area (Å²) in [5, 5.41) is 3.49. The Morgan fingerprint density at radius 2 is 2.43 bits per heavy atom. The average molecular weight is 216 g/mol. The zero-order valence-corrected chi connectivity index (χ0v) is 10.1. The van der Waals surface area contributed by atoms with Gasteiger partial charge in [-0.15, -0.1) is 0 Å². The minimum Gasteiger partial charge on any atom is -0.339 e. The van der Waals surface area contributed by atoms with E-state index in [1.165, 1.54) is 0 Å². The zero-order chi connectivity index (χ0) is 10.6. The van der Waals surface area contributed by atoms with Crippen molar-refractivity contribution >= 4 is 17.7 Å². The van der Waals surface area contributed by atoms with E-state index in [9.17, 15) is 4.79 Å². The van der Waals surface area contributed by atoms with E-state index in [-0.39, 0.29) is 5.25 Å². The highest BCUT2D eigenvalue weighted by molar-refractivity contribution is 7.99. The first-order valence-corrected chi connectivity index (χ1v) is 6.52. The fourth-order valence-corrected chi connectivity index (χ4v) is 2.46. The Bertz CT molecular complexity index is 195. The lowest BCUT2D eigenvalue weighted by molar-refractivity contribution is -0.131. The summed E-state index contributed by atoms with van der Waals surface area (Å²) in [5.74, 6) is 0.313. The second-order valence-electron chi connectivity index (χ2n) is 3.77. The standard InChI is InChI=1S/C10H20N2OS/c1-4-9(14-3)10(13)12-6-5-11-8(2)7-12/h8-9,11H,4-7H2,1-3H3/t8-,9?/m1/s1. The summed E-state index contributed by atoms with van der Waals surface area (Å²) in [6.45, 7) is 6.85. The van der Waals surface area contributed by atoms with Crippen molar-refractivity contribution in [2.75, 3.05) is 25.9 Å². The lowest BCUT2D eigenvalue weighted by atomic mass is 10.2. The zero-order valence-electron chi connectivity index (χ0n) is 9.25. The van der Waals surface area contributed by atoms with Gasteiger partial charge in [-0.25, -0.2) is 0 Å². The Kier molecular flexibility index (Phi) is 4.75. The Hall–Kier alpha value is -0.220. The maximum absolute atomic E-state index is 12.0. The average Bonchev–Trinajstić information content (AvgIpc) is 2.19. The molecular formula is C10H20N2OS. The van der Waals surface area contributed by atoms with Gasteiger partial charge in [0.05, 0.1) is 5.25 Å². The number of amides is 1. The predicted molar refractivity (Wildman–Crippen MR) is 61.6 cm³/mol. The molecule has 1 saturated heterocycles. The van der Waals surface area contributed by atoms with Gasteiger partial charge in [0.15, 0.2) is 0 Å². The van der Waals surface area contributed by atoms with Crippen LogP contribution >= 0.6 is 11.8 Å². The second-order valence-corrected chi connectivity index (χ2v) is 4.81. The topological polar surface area (TPSA) is 32.3 Å². The van der Waals surface area contributed by atoms with Gasteiger partial charge in [0.25, 0.3) is 0 Å². The number of nitrogens with zero attached hydrogens (tertiary/aromatic N) is 1. The second kappa shape index (κ2) is 5.61. The smallest absolute Gasteiger partial charge is 0.235 e. The van der Waals surface area contributed by atoms with Crippen molar-refractivity contribution in [1.29, 1.82) is 0 Å². The van der Waals surface area contributed by atoms with Gasteiger partial charge in [-0.1, -0.05) is 6.92 Å². The predicted octanol–water partition coefficient (Wildman–Crippen LogP) is 0.948. The fraction of sp³-hybridized carbons (Fsp3) is 0.900.